The van der Waals surface area contributed by atoms with Crippen LogP contribution in [0.4, 0.5) is 0 Å². The van der Waals surface area contributed by atoms with Crippen LogP contribution in [0.5, 0.6) is 0 Å². The van der Waals surface area contributed by atoms with Gasteiger partial charge in [0.25, 0.3) is 0 Å². The van der Waals surface area contributed by atoms with Crippen LogP contribution in [-0.2, 0) is 0 Å². The maximum absolute atomic E-state index is 2.63. The first-order valence-corrected chi connectivity index (χ1v) is 5.21. The van der Waals surface area contributed by atoms with Gasteiger partial charge in [-0.2, -0.15) is 0 Å². The Balaban J connectivity index is 2.70. The summed E-state index contributed by atoms with van der Waals surface area (Å²) < 4.78 is 0. The summed E-state index contributed by atoms with van der Waals surface area (Å²) >= 11 is 0. The molecule has 1 heteroatoms. The third kappa shape index (κ3) is 1.82. The highest BCUT2D eigenvalue weighted by Crippen LogP contribution is 2.36. The minimum absolute atomic E-state index is 0.450. The van der Waals surface area contributed by atoms with Crippen LogP contribution >= 0.6 is 0 Å². The van der Waals surface area contributed by atoms with Gasteiger partial charge in [-0.25, -0.2) is 0 Å². The molecule has 1 aliphatic heterocycles. The number of rotatable bonds is 1. The molecule has 0 bridgehead atoms. The summed E-state index contributed by atoms with van der Waals surface area (Å²) in [7, 11) is 0. The first-order valence-electron chi connectivity index (χ1n) is 5.21. The molecular formula is C11H23N. The quantitative estimate of drug-likeness (QED) is 0.583. The van der Waals surface area contributed by atoms with Gasteiger partial charge >= 0.3 is 0 Å². The highest BCUT2D eigenvalue weighted by Gasteiger charge is 2.37. The number of nitrogens with zero attached hydrogens (tertiary/aromatic N) is 1. The number of hydrogen-bond donors (Lipinski definition) is 0. The van der Waals surface area contributed by atoms with Gasteiger partial charge in [0.15, 0.2) is 0 Å². The summed E-state index contributed by atoms with van der Waals surface area (Å²) in [5.41, 5.74) is 0.450. The first-order chi connectivity index (χ1) is 5.46. The van der Waals surface area contributed by atoms with Gasteiger partial charge in [0.2, 0.25) is 0 Å². The molecule has 72 valence electrons. The fraction of sp³-hybridized carbons (Fsp3) is 1.00. The normalized spacial score (nSPS) is 32.8. The molecule has 0 aromatic carbocycles. The van der Waals surface area contributed by atoms with E-state index >= 15 is 0 Å². The Hall–Kier alpha value is -0.0400. The molecule has 0 amide bonds. The van der Waals surface area contributed by atoms with E-state index in [4.69, 9.17) is 0 Å². The average Bonchev–Trinajstić information content (AvgIpc) is 2.29. The van der Waals surface area contributed by atoms with Crippen molar-refractivity contribution in [2.75, 3.05) is 13.1 Å². The molecule has 2 unspecified atom stereocenters. The van der Waals surface area contributed by atoms with Crippen molar-refractivity contribution in [3.8, 4) is 0 Å². The maximum Gasteiger partial charge on any atom is 0.0170 e. The summed E-state index contributed by atoms with van der Waals surface area (Å²) in [5, 5.41) is 0. The molecule has 0 aromatic rings. The molecule has 0 aliphatic carbocycles. The van der Waals surface area contributed by atoms with E-state index < -0.39 is 0 Å². The lowest BCUT2D eigenvalue weighted by Gasteiger charge is -2.37. The molecule has 12 heavy (non-hydrogen) atoms. The largest absolute Gasteiger partial charge is 0.300 e. The topological polar surface area (TPSA) is 3.24 Å². The van der Waals surface area contributed by atoms with Gasteiger partial charge in [-0.15, -0.1) is 0 Å². The molecule has 1 heterocycles. The van der Waals surface area contributed by atoms with E-state index in [1.165, 1.54) is 19.5 Å². The van der Waals surface area contributed by atoms with Crippen LogP contribution in [0.25, 0.3) is 0 Å². The second kappa shape index (κ2) is 3.37. The zero-order chi connectivity index (χ0) is 9.35. The summed E-state index contributed by atoms with van der Waals surface area (Å²) in [5.74, 6) is 0.880. The molecule has 0 aromatic heterocycles. The summed E-state index contributed by atoms with van der Waals surface area (Å²) in [4.78, 5) is 2.63. The zero-order valence-corrected chi connectivity index (χ0v) is 9.22. The summed E-state index contributed by atoms with van der Waals surface area (Å²) in [6.45, 7) is 14.3. The molecule has 0 saturated carbocycles. The molecular weight excluding hydrogens is 146 g/mol. The van der Waals surface area contributed by atoms with E-state index in [2.05, 4.69) is 39.5 Å². The average molecular weight is 169 g/mol. The molecule has 1 aliphatic rings. The van der Waals surface area contributed by atoms with Gasteiger partial charge in [-0.1, -0.05) is 34.6 Å². The molecule has 1 saturated heterocycles. The third-order valence-electron chi connectivity index (χ3n) is 3.10. The van der Waals surface area contributed by atoms with E-state index in [-0.39, 0.29) is 0 Å². The SMILES string of the molecule is CCN1CCC(C)C1C(C)(C)C. The van der Waals surface area contributed by atoms with E-state index in [1.807, 2.05) is 0 Å². The molecule has 0 N–H and O–H groups in total. The number of hydrogen-bond acceptors (Lipinski definition) is 1. The van der Waals surface area contributed by atoms with Crippen LogP contribution in [0.2, 0.25) is 0 Å². The predicted octanol–water partition coefficient (Wildman–Crippen LogP) is 2.76. The Morgan fingerprint density at radius 2 is 1.92 bits per heavy atom. The molecule has 0 spiro atoms. The van der Waals surface area contributed by atoms with Crippen LogP contribution < -0.4 is 0 Å². The molecule has 1 fully saturated rings. The predicted molar refractivity (Wildman–Crippen MR) is 54.3 cm³/mol. The molecule has 1 nitrogen and oxygen atoms in total. The Morgan fingerprint density at radius 1 is 1.33 bits per heavy atom. The second-order valence-electron chi connectivity index (χ2n) is 5.21. The Kier molecular flexibility index (Phi) is 2.82. The maximum atomic E-state index is 2.63. The van der Waals surface area contributed by atoms with E-state index in [9.17, 15) is 0 Å². The van der Waals surface area contributed by atoms with Gasteiger partial charge < -0.3 is 0 Å². The van der Waals surface area contributed by atoms with Gasteiger partial charge in [-0.05, 0) is 30.8 Å². The summed E-state index contributed by atoms with van der Waals surface area (Å²) in [6, 6.07) is 0.794. The lowest BCUT2D eigenvalue weighted by Crippen LogP contribution is -2.42. The van der Waals surface area contributed by atoms with Crippen LogP contribution in [0.1, 0.15) is 41.0 Å². The molecule has 1 rings (SSSR count). The Bertz CT molecular complexity index is 146. The smallest absolute Gasteiger partial charge is 0.0170 e. The van der Waals surface area contributed by atoms with Crippen LogP contribution in [0, 0.1) is 11.3 Å². The van der Waals surface area contributed by atoms with Gasteiger partial charge in [0.05, 0.1) is 0 Å². The minimum Gasteiger partial charge on any atom is -0.300 e. The van der Waals surface area contributed by atoms with Gasteiger partial charge in [-0.3, -0.25) is 4.90 Å². The molecule has 0 radical (unpaired) electrons. The molecule has 2 atom stereocenters. The van der Waals surface area contributed by atoms with Crippen molar-refractivity contribution in [3.63, 3.8) is 0 Å². The lowest BCUT2D eigenvalue weighted by atomic mass is 9.80. The minimum atomic E-state index is 0.450. The summed E-state index contributed by atoms with van der Waals surface area (Å²) in [6.07, 6.45) is 1.38. The van der Waals surface area contributed by atoms with Crippen molar-refractivity contribution in [1.82, 2.24) is 4.90 Å². The van der Waals surface area contributed by atoms with Crippen molar-refractivity contribution in [1.29, 1.82) is 0 Å². The first kappa shape index (κ1) is 10.0. The van der Waals surface area contributed by atoms with E-state index in [0.29, 0.717) is 5.41 Å². The number of likely N-dealkylation sites (tertiary alicyclic amines) is 1. The third-order valence-corrected chi connectivity index (χ3v) is 3.10. The van der Waals surface area contributed by atoms with Gasteiger partial charge in [0.1, 0.15) is 0 Å². The van der Waals surface area contributed by atoms with Crippen molar-refractivity contribution in [2.24, 2.45) is 11.3 Å². The highest BCUT2D eigenvalue weighted by molar-refractivity contribution is 4.91. The van der Waals surface area contributed by atoms with Crippen molar-refractivity contribution < 1.29 is 0 Å². The van der Waals surface area contributed by atoms with Crippen molar-refractivity contribution >= 4 is 0 Å². The monoisotopic (exact) mass is 169 g/mol. The van der Waals surface area contributed by atoms with Gasteiger partial charge in [0, 0.05) is 6.04 Å². The standard InChI is InChI=1S/C11H23N/c1-6-12-8-7-9(2)10(12)11(3,4)5/h9-10H,6-8H2,1-5H3. The fourth-order valence-corrected chi connectivity index (χ4v) is 2.78. The second-order valence-corrected chi connectivity index (χ2v) is 5.21. The lowest BCUT2D eigenvalue weighted by molar-refractivity contribution is 0.121. The van der Waals surface area contributed by atoms with Crippen LogP contribution in [-0.4, -0.2) is 24.0 Å². The van der Waals surface area contributed by atoms with Crippen LogP contribution in [0.3, 0.4) is 0 Å². The Morgan fingerprint density at radius 3 is 2.25 bits per heavy atom. The van der Waals surface area contributed by atoms with E-state index in [1.54, 1.807) is 0 Å². The highest BCUT2D eigenvalue weighted by atomic mass is 15.2. The van der Waals surface area contributed by atoms with E-state index in [0.717, 1.165) is 12.0 Å². The zero-order valence-electron chi connectivity index (χ0n) is 9.22. The Labute approximate surface area is 77.1 Å². The van der Waals surface area contributed by atoms with Crippen molar-refractivity contribution in [3.05, 3.63) is 0 Å². The fourth-order valence-electron chi connectivity index (χ4n) is 2.78. The van der Waals surface area contributed by atoms with Crippen molar-refractivity contribution in [2.45, 2.75) is 47.1 Å². The van der Waals surface area contributed by atoms with Crippen LogP contribution in [0.15, 0.2) is 0 Å².